The number of nitrogen functional groups attached to an aromatic ring is 1. The van der Waals surface area contributed by atoms with Crippen LogP contribution in [-0.2, 0) is 9.53 Å². The van der Waals surface area contributed by atoms with E-state index in [4.69, 9.17) is 5.73 Å². The molecule has 0 atom stereocenters. The van der Waals surface area contributed by atoms with Crippen LogP contribution >= 0.6 is 11.8 Å². The Kier molecular flexibility index (Phi) is 4.84. The molecule has 5 nitrogen and oxygen atoms in total. The van der Waals surface area contributed by atoms with Crippen LogP contribution in [0.15, 0.2) is 23.1 Å². The molecule has 17 heavy (non-hydrogen) atoms. The average Bonchev–Trinajstić information content (AvgIpc) is 2.30. The Balaban J connectivity index is 2.53. The van der Waals surface area contributed by atoms with Crippen molar-refractivity contribution in [3.63, 3.8) is 0 Å². The molecule has 0 unspecified atom stereocenters. The minimum absolute atomic E-state index is 0.114. The lowest BCUT2D eigenvalue weighted by atomic mass is 10.2. The lowest BCUT2D eigenvalue weighted by molar-refractivity contribution is -0.117. The Bertz CT molecular complexity index is 435. The van der Waals surface area contributed by atoms with Gasteiger partial charge in [-0.15, -0.1) is 11.8 Å². The smallest absolute Gasteiger partial charge is 0.413 e. The maximum atomic E-state index is 11.3. The monoisotopic (exact) mass is 254 g/mol. The summed E-state index contributed by atoms with van der Waals surface area (Å²) in [5.41, 5.74) is 7.44. The Morgan fingerprint density at radius 2 is 2.18 bits per heavy atom. The van der Waals surface area contributed by atoms with Gasteiger partial charge in [0, 0.05) is 10.6 Å². The number of hydrogen-bond donors (Lipinski definition) is 2. The highest BCUT2D eigenvalue weighted by Crippen LogP contribution is 2.25. The lowest BCUT2D eigenvalue weighted by Crippen LogP contribution is -2.31. The number of aryl methyl sites for hydroxylation is 1. The van der Waals surface area contributed by atoms with Crippen LogP contribution in [-0.4, -0.2) is 24.9 Å². The molecule has 0 radical (unpaired) electrons. The molecule has 1 aromatic carbocycles. The van der Waals surface area contributed by atoms with Crippen molar-refractivity contribution in [2.24, 2.45) is 0 Å². The fourth-order valence-electron chi connectivity index (χ4n) is 1.11. The number of amides is 2. The van der Waals surface area contributed by atoms with E-state index in [-0.39, 0.29) is 5.75 Å². The summed E-state index contributed by atoms with van der Waals surface area (Å²) >= 11 is 1.28. The summed E-state index contributed by atoms with van der Waals surface area (Å²) in [5, 5.41) is 2.07. The van der Waals surface area contributed by atoms with Crippen LogP contribution in [0, 0.1) is 6.92 Å². The summed E-state index contributed by atoms with van der Waals surface area (Å²) in [6.07, 6.45) is -0.757. The van der Waals surface area contributed by atoms with Crippen LogP contribution in [0.2, 0.25) is 0 Å². The maximum Gasteiger partial charge on any atom is 0.413 e. The quantitative estimate of drug-likeness (QED) is 0.632. The number of ether oxygens (including phenoxy) is 1. The topological polar surface area (TPSA) is 81.4 Å². The number of alkyl carbamates (subject to hydrolysis) is 1. The van der Waals surface area contributed by atoms with E-state index in [9.17, 15) is 9.59 Å². The number of nitrogens with one attached hydrogen (secondary N) is 1. The van der Waals surface area contributed by atoms with Crippen molar-refractivity contribution < 1.29 is 14.3 Å². The number of thioether (sulfide) groups is 1. The van der Waals surface area contributed by atoms with E-state index in [1.165, 1.54) is 18.9 Å². The molecule has 92 valence electrons. The Morgan fingerprint density at radius 1 is 1.47 bits per heavy atom. The van der Waals surface area contributed by atoms with Gasteiger partial charge in [-0.25, -0.2) is 4.79 Å². The maximum absolute atomic E-state index is 11.3. The van der Waals surface area contributed by atoms with E-state index in [0.717, 1.165) is 10.5 Å². The zero-order valence-corrected chi connectivity index (χ0v) is 10.5. The second-order valence-electron chi connectivity index (χ2n) is 3.37. The van der Waals surface area contributed by atoms with Crippen molar-refractivity contribution in [3.8, 4) is 0 Å². The van der Waals surface area contributed by atoms with Crippen molar-refractivity contribution in [2.45, 2.75) is 11.8 Å². The van der Waals surface area contributed by atoms with Gasteiger partial charge in [0.25, 0.3) is 0 Å². The molecule has 3 N–H and O–H groups in total. The van der Waals surface area contributed by atoms with Crippen LogP contribution in [0.1, 0.15) is 5.56 Å². The molecule has 0 aromatic heterocycles. The number of rotatable bonds is 3. The van der Waals surface area contributed by atoms with E-state index in [1.807, 2.05) is 19.1 Å². The van der Waals surface area contributed by atoms with Gasteiger partial charge < -0.3 is 10.5 Å². The third-order valence-electron chi connectivity index (χ3n) is 1.95. The van der Waals surface area contributed by atoms with Gasteiger partial charge in [0.1, 0.15) is 0 Å². The first-order chi connectivity index (χ1) is 8.02. The van der Waals surface area contributed by atoms with Gasteiger partial charge in [-0.3, -0.25) is 10.1 Å². The van der Waals surface area contributed by atoms with Crippen molar-refractivity contribution >= 4 is 29.4 Å². The minimum Gasteiger partial charge on any atom is -0.453 e. The normalized spacial score (nSPS) is 9.76. The summed E-state index contributed by atoms with van der Waals surface area (Å²) in [5.74, 6) is -0.300. The summed E-state index contributed by atoms with van der Waals surface area (Å²) in [6.45, 7) is 1.94. The minimum atomic E-state index is -0.757. The van der Waals surface area contributed by atoms with Crippen LogP contribution in [0.5, 0.6) is 0 Å². The molecule has 0 aliphatic rings. The summed E-state index contributed by atoms with van der Waals surface area (Å²) < 4.78 is 4.31. The van der Waals surface area contributed by atoms with Crippen LogP contribution in [0.3, 0.4) is 0 Å². The number of carbonyl (C=O) groups excluding carboxylic acids is 2. The molecule has 2 amide bonds. The molecule has 0 heterocycles. The van der Waals surface area contributed by atoms with Gasteiger partial charge in [0.15, 0.2) is 0 Å². The zero-order valence-electron chi connectivity index (χ0n) is 9.65. The lowest BCUT2D eigenvalue weighted by Gasteiger charge is -2.06. The van der Waals surface area contributed by atoms with Gasteiger partial charge in [0.2, 0.25) is 5.91 Å². The third-order valence-corrected chi connectivity index (χ3v) is 3.03. The Morgan fingerprint density at radius 3 is 2.82 bits per heavy atom. The summed E-state index contributed by atoms with van der Waals surface area (Å²) in [7, 11) is 1.20. The highest BCUT2D eigenvalue weighted by Gasteiger charge is 2.09. The standard InChI is InChI=1S/C11H14N2O3S/c1-7-3-4-8(12)9(5-7)17-6-10(14)13-11(15)16-2/h3-5H,6,12H2,1-2H3,(H,13,14,15). The largest absolute Gasteiger partial charge is 0.453 e. The average molecular weight is 254 g/mol. The van der Waals surface area contributed by atoms with Crippen molar-refractivity contribution in [3.05, 3.63) is 23.8 Å². The number of nitrogens with two attached hydrogens (primary N) is 1. The molecule has 0 aliphatic heterocycles. The third kappa shape index (κ3) is 4.36. The molecular weight excluding hydrogens is 240 g/mol. The highest BCUT2D eigenvalue weighted by molar-refractivity contribution is 8.00. The van der Waals surface area contributed by atoms with Crippen molar-refractivity contribution in [1.82, 2.24) is 5.32 Å². The molecule has 0 spiro atoms. The van der Waals surface area contributed by atoms with Gasteiger partial charge in [-0.1, -0.05) is 6.07 Å². The predicted molar refractivity (Wildman–Crippen MR) is 66.9 cm³/mol. The Labute approximate surface area is 104 Å². The van der Waals surface area contributed by atoms with Crippen LogP contribution in [0.25, 0.3) is 0 Å². The summed E-state index contributed by atoms with van der Waals surface area (Å²) in [6, 6.07) is 5.58. The molecular formula is C11H14N2O3S. The van der Waals surface area contributed by atoms with Gasteiger partial charge in [0.05, 0.1) is 12.9 Å². The number of anilines is 1. The number of benzene rings is 1. The molecule has 0 bridgehead atoms. The molecule has 0 aliphatic carbocycles. The van der Waals surface area contributed by atoms with Crippen molar-refractivity contribution in [1.29, 1.82) is 0 Å². The molecule has 0 saturated heterocycles. The fourth-order valence-corrected chi connectivity index (χ4v) is 1.97. The van der Waals surface area contributed by atoms with Crippen LogP contribution in [0.4, 0.5) is 10.5 Å². The molecule has 0 saturated carbocycles. The first kappa shape index (κ1) is 13.4. The van der Waals surface area contributed by atoms with Crippen LogP contribution < -0.4 is 11.1 Å². The van der Waals surface area contributed by atoms with Gasteiger partial charge in [-0.05, 0) is 24.6 Å². The van der Waals surface area contributed by atoms with E-state index in [0.29, 0.717) is 5.69 Å². The summed E-state index contributed by atoms with van der Waals surface area (Å²) in [4.78, 5) is 22.9. The first-order valence-electron chi connectivity index (χ1n) is 4.89. The van der Waals surface area contributed by atoms with Gasteiger partial charge >= 0.3 is 6.09 Å². The fraction of sp³-hybridized carbons (Fsp3) is 0.273. The number of carbonyl (C=O) groups is 2. The first-order valence-corrected chi connectivity index (χ1v) is 5.88. The predicted octanol–water partition coefficient (Wildman–Crippen LogP) is 1.55. The number of hydrogen-bond acceptors (Lipinski definition) is 5. The van der Waals surface area contributed by atoms with E-state index < -0.39 is 12.0 Å². The molecule has 6 heteroatoms. The van der Waals surface area contributed by atoms with E-state index in [1.54, 1.807) is 6.07 Å². The second kappa shape index (κ2) is 6.15. The van der Waals surface area contributed by atoms with E-state index >= 15 is 0 Å². The van der Waals surface area contributed by atoms with Crippen molar-refractivity contribution in [2.75, 3.05) is 18.6 Å². The Hall–Kier alpha value is -1.69. The highest BCUT2D eigenvalue weighted by atomic mass is 32.2. The van der Waals surface area contributed by atoms with E-state index in [2.05, 4.69) is 10.1 Å². The zero-order chi connectivity index (χ0) is 12.8. The second-order valence-corrected chi connectivity index (χ2v) is 4.39. The number of methoxy groups -OCH3 is 1. The number of imide groups is 1. The SMILES string of the molecule is COC(=O)NC(=O)CSc1cc(C)ccc1N. The van der Waals surface area contributed by atoms with Gasteiger partial charge in [-0.2, -0.15) is 0 Å². The molecule has 1 aromatic rings. The molecule has 0 fully saturated rings. The molecule has 1 rings (SSSR count).